The maximum atomic E-state index is 10.1. The number of ether oxygens (including phenoxy) is 4. The van der Waals surface area contributed by atoms with Crippen LogP contribution in [-0.2, 0) is 18.9 Å². The van der Waals surface area contributed by atoms with Crippen molar-refractivity contribution in [1.29, 1.82) is 0 Å². The van der Waals surface area contributed by atoms with E-state index >= 15 is 0 Å². The molecule has 0 aromatic rings. The van der Waals surface area contributed by atoms with Gasteiger partial charge in [0.25, 0.3) is 0 Å². The normalized spacial score (nSPS) is 46.6. The average Bonchev–Trinajstić information content (AvgIpc) is 2.92. The van der Waals surface area contributed by atoms with Crippen molar-refractivity contribution in [2.24, 2.45) is 0 Å². The Morgan fingerprint density at radius 1 is 0.963 bits per heavy atom. The molecule has 2 aliphatic rings. The minimum atomic E-state index is -2.25. The van der Waals surface area contributed by atoms with Crippen LogP contribution in [0.25, 0.3) is 0 Å². The summed E-state index contributed by atoms with van der Waals surface area (Å²) in [5.74, 6) is -2.25. The first-order valence-corrected chi connectivity index (χ1v) is 8.42. The second-order valence-electron chi connectivity index (χ2n) is 6.45. The summed E-state index contributed by atoms with van der Waals surface area (Å²) in [4.78, 5) is 0. The van der Waals surface area contributed by atoms with Crippen molar-refractivity contribution >= 4 is 0 Å². The van der Waals surface area contributed by atoms with Crippen LogP contribution in [0.15, 0.2) is 0 Å². The first-order chi connectivity index (χ1) is 12.7. The van der Waals surface area contributed by atoms with Crippen LogP contribution < -0.4 is 0 Å². The third-order valence-electron chi connectivity index (χ3n) is 4.59. The van der Waals surface area contributed by atoms with Gasteiger partial charge in [0.2, 0.25) is 5.79 Å². The van der Waals surface area contributed by atoms with E-state index in [-0.39, 0.29) is 13.0 Å². The van der Waals surface area contributed by atoms with Crippen molar-refractivity contribution in [3.05, 3.63) is 6.92 Å². The quantitative estimate of drug-likeness (QED) is 0.181. The fourth-order valence-corrected chi connectivity index (χ4v) is 2.91. The molecule has 2 fully saturated rings. The van der Waals surface area contributed by atoms with Crippen molar-refractivity contribution in [1.82, 2.24) is 0 Å². The molecule has 1 radical (unpaired) electrons. The molecule has 159 valence electrons. The van der Waals surface area contributed by atoms with Gasteiger partial charge in [-0.05, 0) is 13.3 Å². The van der Waals surface area contributed by atoms with Crippen LogP contribution in [0.4, 0.5) is 0 Å². The largest absolute Gasteiger partial charge is 0.394 e. The van der Waals surface area contributed by atoms with Crippen molar-refractivity contribution in [2.75, 3.05) is 19.8 Å². The molecule has 0 aromatic heterocycles. The maximum Gasteiger partial charge on any atom is 0.224 e. The summed E-state index contributed by atoms with van der Waals surface area (Å²) in [6.45, 7) is 1.37. The molecule has 12 heteroatoms. The number of aliphatic hydroxyl groups is 8. The standard InChI is InChI=1S/C15H27O12/c1-2-8(18)24-4-7-9(19)11(21)12(22)14(25-7)27-15(5-17)13(23)10(20)6(3-16)26-15/h6-14,16-23H,1-5H2/t6-,7-,8?,9-,10-,11+,12-,13+,14-,15+/m1/s1. The zero-order valence-electron chi connectivity index (χ0n) is 14.4. The van der Waals surface area contributed by atoms with E-state index in [1.807, 2.05) is 0 Å². The summed E-state index contributed by atoms with van der Waals surface area (Å²) >= 11 is 0. The Labute approximate surface area is 155 Å². The van der Waals surface area contributed by atoms with Gasteiger partial charge in [0.15, 0.2) is 12.6 Å². The summed E-state index contributed by atoms with van der Waals surface area (Å²) in [6.07, 6.45) is -14.0. The van der Waals surface area contributed by atoms with Crippen LogP contribution in [0.1, 0.15) is 6.42 Å². The van der Waals surface area contributed by atoms with Crippen LogP contribution in [-0.4, -0.2) is 122 Å². The third-order valence-corrected chi connectivity index (χ3v) is 4.59. The van der Waals surface area contributed by atoms with Crippen molar-refractivity contribution < 1.29 is 59.8 Å². The van der Waals surface area contributed by atoms with Crippen LogP contribution in [0.5, 0.6) is 0 Å². The number of rotatable bonds is 8. The van der Waals surface area contributed by atoms with Gasteiger partial charge in [-0.25, -0.2) is 0 Å². The lowest BCUT2D eigenvalue weighted by Gasteiger charge is -2.43. The van der Waals surface area contributed by atoms with E-state index in [0.717, 1.165) is 0 Å². The molecule has 0 saturated carbocycles. The molecular weight excluding hydrogens is 372 g/mol. The monoisotopic (exact) mass is 399 g/mol. The highest BCUT2D eigenvalue weighted by atomic mass is 16.8. The van der Waals surface area contributed by atoms with E-state index in [4.69, 9.17) is 18.9 Å². The summed E-state index contributed by atoms with van der Waals surface area (Å²) in [5, 5.41) is 78.3. The Kier molecular flexibility index (Phi) is 7.89. The van der Waals surface area contributed by atoms with Gasteiger partial charge in [-0.3, -0.25) is 0 Å². The molecule has 1 unspecified atom stereocenters. The molecule has 2 heterocycles. The maximum absolute atomic E-state index is 10.1. The second-order valence-corrected chi connectivity index (χ2v) is 6.45. The van der Waals surface area contributed by atoms with Gasteiger partial charge >= 0.3 is 0 Å². The van der Waals surface area contributed by atoms with Gasteiger partial charge < -0.3 is 59.8 Å². The Morgan fingerprint density at radius 2 is 1.63 bits per heavy atom. The lowest BCUT2D eigenvalue weighted by molar-refractivity contribution is -0.385. The lowest BCUT2D eigenvalue weighted by atomic mass is 9.99. The minimum Gasteiger partial charge on any atom is -0.394 e. The Morgan fingerprint density at radius 3 is 2.15 bits per heavy atom. The van der Waals surface area contributed by atoms with Crippen LogP contribution in [0.2, 0.25) is 0 Å². The van der Waals surface area contributed by atoms with E-state index in [1.54, 1.807) is 0 Å². The van der Waals surface area contributed by atoms with Crippen molar-refractivity contribution in [2.45, 2.75) is 67.5 Å². The SMILES string of the molecule is [CH2]CC(O)OC[C@H]1O[C@H](O[C@]2(CO)O[C@H](CO)[C@@H](O)[C@@H]2O)[C@H](O)[C@@H](O)[C@@H]1O. The van der Waals surface area contributed by atoms with Crippen LogP contribution in [0.3, 0.4) is 0 Å². The van der Waals surface area contributed by atoms with Gasteiger partial charge in [0, 0.05) is 0 Å². The number of hydrogen-bond acceptors (Lipinski definition) is 12. The van der Waals surface area contributed by atoms with Gasteiger partial charge in [-0.15, -0.1) is 0 Å². The molecule has 0 aromatic carbocycles. The predicted octanol–water partition coefficient (Wildman–Crippen LogP) is -4.83. The number of aliphatic hydroxyl groups excluding tert-OH is 8. The minimum absolute atomic E-state index is 0.0159. The molecule has 12 nitrogen and oxygen atoms in total. The first kappa shape index (κ1) is 22.8. The molecule has 0 aliphatic carbocycles. The molecule has 0 amide bonds. The van der Waals surface area contributed by atoms with Crippen molar-refractivity contribution in [3.63, 3.8) is 0 Å². The van der Waals surface area contributed by atoms with Gasteiger partial charge in [-0.1, -0.05) is 0 Å². The molecule has 2 rings (SSSR count). The van der Waals surface area contributed by atoms with E-state index in [1.165, 1.54) is 0 Å². The smallest absolute Gasteiger partial charge is 0.224 e. The van der Waals surface area contributed by atoms with Crippen LogP contribution >= 0.6 is 0 Å². The van der Waals surface area contributed by atoms with Gasteiger partial charge in [0.1, 0.15) is 49.3 Å². The average molecular weight is 399 g/mol. The molecular formula is C15H27O12. The second kappa shape index (κ2) is 9.35. The van der Waals surface area contributed by atoms with Crippen molar-refractivity contribution in [3.8, 4) is 0 Å². The molecule has 2 aliphatic heterocycles. The molecule has 0 bridgehead atoms. The van der Waals surface area contributed by atoms with E-state index < -0.39 is 74.3 Å². The summed E-state index contributed by atoms with van der Waals surface area (Å²) in [6, 6.07) is 0. The van der Waals surface area contributed by atoms with Gasteiger partial charge in [-0.2, -0.15) is 0 Å². The van der Waals surface area contributed by atoms with E-state index in [0.29, 0.717) is 0 Å². The Bertz CT molecular complexity index is 466. The molecule has 27 heavy (non-hydrogen) atoms. The van der Waals surface area contributed by atoms with Crippen LogP contribution in [0, 0.1) is 6.92 Å². The predicted molar refractivity (Wildman–Crippen MR) is 83.5 cm³/mol. The van der Waals surface area contributed by atoms with E-state index in [9.17, 15) is 40.9 Å². The first-order valence-electron chi connectivity index (χ1n) is 8.42. The van der Waals surface area contributed by atoms with E-state index in [2.05, 4.69) is 6.92 Å². The highest BCUT2D eigenvalue weighted by molar-refractivity contribution is 4.98. The Balaban J connectivity index is 2.13. The summed E-state index contributed by atoms with van der Waals surface area (Å²) < 4.78 is 20.8. The lowest BCUT2D eigenvalue weighted by Crippen LogP contribution is -2.63. The zero-order chi connectivity index (χ0) is 20.4. The zero-order valence-corrected chi connectivity index (χ0v) is 14.4. The fourth-order valence-electron chi connectivity index (χ4n) is 2.91. The topological polar surface area (TPSA) is 199 Å². The molecule has 8 N–H and O–H groups in total. The molecule has 2 saturated heterocycles. The Hall–Kier alpha value is -0.480. The summed E-state index contributed by atoms with van der Waals surface area (Å²) in [5.41, 5.74) is 0. The highest BCUT2D eigenvalue weighted by Crippen LogP contribution is 2.36. The highest BCUT2D eigenvalue weighted by Gasteiger charge is 2.58. The third kappa shape index (κ3) is 4.58. The fraction of sp³-hybridized carbons (Fsp3) is 0.933. The molecule has 10 atom stereocenters. The number of hydrogen-bond donors (Lipinski definition) is 8. The molecule has 0 spiro atoms. The summed E-state index contributed by atoms with van der Waals surface area (Å²) in [7, 11) is 0. The van der Waals surface area contributed by atoms with Gasteiger partial charge in [0.05, 0.1) is 13.2 Å².